The van der Waals surface area contributed by atoms with Gasteiger partial charge < -0.3 is 16.4 Å². The Labute approximate surface area is 128 Å². The molecule has 1 amide bonds. The van der Waals surface area contributed by atoms with Gasteiger partial charge in [0.25, 0.3) is 5.91 Å². The highest BCUT2D eigenvalue weighted by atomic mass is 32.2. The van der Waals surface area contributed by atoms with Crippen LogP contribution in [0.3, 0.4) is 0 Å². The molecule has 1 aromatic carbocycles. The second kappa shape index (κ2) is 7.69. The number of hydrogen-bond donors (Lipinski definition) is 3. The fraction of sp³-hybridized carbons (Fsp3) is 0.500. The summed E-state index contributed by atoms with van der Waals surface area (Å²) in [6, 6.07) is 5.38. The number of nitrogens with two attached hydrogens (primary N) is 1. The van der Waals surface area contributed by atoms with Gasteiger partial charge in [-0.25, -0.2) is 0 Å². The fourth-order valence-electron chi connectivity index (χ4n) is 1.99. The van der Waals surface area contributed by atoms with Crippen molar-refractivity contribution < 1.29 is 4.79 Å². The minimum absolute atomic E-state index is 0.0573. The number of benzene rings is 1. The Morgan fingerprint density at radius 3 is 3.00 bits per heavy atom. The van der Waals surface area contributed by atoms with Crippen LogP contribution in [0.5, 0.6) is 0 Å². The molecule has 1 fully saturated rings. The Morgan fingerprint density at radius 1 is 1.45 bits per heavy atom. The van der Waals surface area contributed by atoms with E-state index in [-0.39, 0.29) is 5.91 Å². The quantitative estimate of drug-likeness (QED) is 0.728. The number of thioether (sulfide) groups is 2. The summed E-state index contributed by atoms with van der Waals surface area (Å²) in [4.78, 5) is 11.8. The highest BCUT2D eigenvalue weighted by molar-refractivity contribution is 8.06. The molecule has 4 N–H and O–H groups in total. The third kappa shape index (κ3) is 4.24. The van der Waals surface area contributed by atoms with Crippen LogP contribution in [0.25, 0.3) is 0 Å². The number of anilines is 2. The second-order valence-electron chi connectivity index (χ2n) is 4.61. The Morgan fingerprint density at radius 2 is 2.30 bits per heavy atom. The summed E-state index contributed by atoms with van der Waals surface area (Å²) in [5.41, 5.74) is 8.16. The molecule has 1 aliphatic rings. The Hall–Kier alpha value is -1.01. The third-order valence-corrected chi connectivity index (χ3v) is 5.90. The largest absolute Gasteiger partial charge is 0.397 e. The minimum atomic E-state index is -0.0573. The molecular weight excluding hydrogens is 290 g/mol. The van der Waals surface area contributed by atoms with Gasteiger partial charge in [-0.3, -0.25) is 4.79 Å². The van der Waals surface area contributed by atoms with Gasteiger partial charge in [0.1, 0.15) is 0 Å². The van der Waals surface area contributed by atoms with Crippen LogP contribution in [0.1, 0.15) is 17.3 Å². The lowest BCUT2D eigenvalue weighted by atomic mass is 10.1. The zero-order chi connectivity index (χ0) is 14.4. The Kier molecular flexibility index (Phi) is 5.91. The van der Waals surface area contributed by atoms with Crippen molar-refractivity contribution in [2.24, 2.45) is 0 Å². The van der Waals surface area contributed by atoms with Gasteiger partial charge in [-0.2, -0.15) is 23.5 Å². The zero-order valence-electron chi connectivity index (χ0n) is 11.6. The second-order valence-corrected chi connectivity index (χ2v) is 7.17. The van der Waals surface area contributed by atoms with Crippen molar-refractivity contribution >= 4 is 40.8 Å². The average Bonchev–Trinajstić information content (AvgIpc) is 2.47. The predicted octanol–water partition coefficient (Wildman–Crippen LogP) is 2.28. The van der Waals surface area contributed by atoms with Crippen LogP contribution in [0, 0.1) is 0 Å². The Bertz CT molecular complexity index is 462. The lowest BCUT2D eigenvalue weighted by molar-refractivity contribution is 0.0956. The van der Waals surface area contributed by atoms with Crippen LogP contribution in [0.2, 0.25) is 0 Å². The zero-order valence-corrected chi connectivity index (χ0v) is 13.3. The van der Waals surface area contributed by atoms with E-state index in [0.29, 0.717) is 23.0 Å². The van der Waals surface area contributed by atoms with Gasteiger partial charge in [0.05, 0.1) is 11.4 Å². The average molecular weight is 311 g/mol. The van der Waals surface area contributed by atoms with Crippen LogP contribution in [-0.2, 0) is 0 Å². The molecule has 6 heteroatoms. The molecular formula is C14H21N3OS2. The van der Waals surface area contributed by atoms with Gasteiger partial charge in [-0.15, -0.1) is 0 Å². The first-order valence-electron chi connectivity index (χ1n) is 6.81. The fourth-order valence-corrected chi connectivity index (χ4v) is 4.60. The number of hydrogen-bond acceptors (Lipinski definition) is 5. The van der Waals surface area contributed by atoms with E-state index in [2.05, 4.69) is 10.6 Å². The van der Waals surface area contributed by atoms with Gasteiger partial charge in [0.15, 0.2) is 0 Å². The molecule has 110 valence electrons. The summed E-state index contributed by atoms with van der Waals surface area (Å²) < 4.78 is 0. The SMILES string of the molecule is CCNC(=O)c1ccc(N)c(NCC2CSCCS2)c1. The molecule has 0 radical (unpaired) electrons. The van der Waals surface area contributed by atoms with Gasteiger partial charge >= 0.3 is 0 Å². The molecule has 2 rings (SSSR count). The van der Waals surface area contributed by atoms with Gasteiger partial charge in [0.2, 0.25) is 0 Å². The summed E-state index contributed by atoms with van der Waals surface area (Å²) >= 11 is 4.00. The Balaban J connectivity index is 1.98. The van der Waals surface area contributed by atoms with Crippen LogP contribution in [-0.4, -0.2) is 41.5 Å². The first-order valence-corrected chi connectivity index (χ1v) is 9.02. The first-order chi connectivity index (χ1) is 9.70. The maximum Gasteiger partial charge on any atom is 0.251 e. The molecule has 0 aromatic heterocycles. The molecule has 1 heterocycles. The van der Waals surface area contributed by atoms with Crippen molar-refractivity contribution in [3.8, 4) is 0 Å². The van der Waals surface area contributed by atoms with E-state index >= 15 is 0 Å². The van der Waals surface area contributed by atoms with Crippen LogP contribution in [0.4, 0.5) is 11.4 Å². The van der Waals surface area contributed by atoms with Crippen LogP contribution >= 0.6 is 23.5 Å². The summed E-state index contributed by atoms with van der Waals surface area (Å²) in [7, 11) is 0. The van der Waals surface area contributed by atoms with E-state index in [1.54, 1.807) is 12.1 Å². The molecule has 0 saturated carbocycles. The molecule has 20 heavy (non-hydrogen) atoms. The number of carbonyl (C=O) groups is 1. The maximum absolute atomic E-state index is 11.8. The lowest BCUT2D eigenvalue weighted by Crippen LogP contribution is -2.24. The van der Waals surface area contributed by atoms with Crippen molar-refractivity contribution in [1.82, 2.24) is 5.32 Å². The molecule has 0 bridgehead atoms. The van der Waals surface area contributed by atoms with Crippen molar-refractivity contribution in [1.29, 1.82) is 0 Å². The molecule has 1 saturated heterocycles. The van der Waals surface area contributed by atoms with Crippen LogP contribution in [0.15, 0.2) is 18.2 Å². The lowest BCUT2D eigenvalue weighted by Gasteiger charge is -2.22. The smallest absolute Gasteiger partial charge is 0.251 e. The number of carbonyl (C=O) groups excluding carboxylic acids is 1. The van der Waals surface area contributed by atoms with E-state index in [0.717, 1.165) is 12.2 Å². The number of rotatable bonds is 5. The molecule has 1 aliphatic heterocycles. The molecule has 1 aromatic rings. The van der Waals surface area contributed by atoms with Crippen LogP contribution < -0.4 is 16.4 Å². The number of nitrogen functional groups attached to an aromatic ring is 1. The third-order valence-electron chi connectivity index (χ3n) is 3.06. The summed E-state index contributed by atoms with van der Waals surface area (Å²) in [6.07, 6.45) is 0. The van der Waals surface area contributed by atoms with E-state index in [1.807, 2.05) is 36.5 Å². The summed E-state index contributed by atoms with van der Waals surface area (Å²) in [6.45, 7) is 3.43. The maximum atomic E-state index is 11.8. The van der Waals surface area contributed by atoms with E-state index < -0.39 is 0 Å². The van der Waals surface area contributed by atoms with Crippen molar-refractivity contribution in [3.05, 3.63) is 23.8 Å². The van der Waals surface area contributed by atoms with Gasteiger partial charge in [0, 0.05) is 41.2 Å². The standard InChI is InChI=1S/C14H21N3OS2/c1-2-16-14(18)10-3-4-12(15)13(7-10)17-8-11-9-19-5-6-20-11/h3-4,7,11,17H,2,5-6,8-9,15H2,1H3,(H,16,18). The van der Waals surface area contributed by atoms with Gasteiger partial charge in [-0.05, 0) is 25.1 Å². The molecule has 0 aliphatic carbocycles. The normalized spacial score (nSPS) is 18.6. The molecule has 0 spiro atoms. The monoisotopic (exact) mass is 311 g/mol. The molecule has 1 atom stereocenters. The van der Waals surface area contributed by atoms with E-state index in [9.17, 15) is 4.79 Å². The van der Waals surface area contributed by atoms with Gasteiger partial charge in [-0.1, -0.05) is 0 Å². The highest BCUT2D eigenvalue weighted by Crippen LogP contribution is 2.26. The van der Waals surface area contributed by atoms with E-state index in [1.165, 1.54) is 17.3 Å². The molecule has 4 nitrogen and oxygen atoms in total. The number of amides is 1. The predicted molar refractivity (Wildman–Crippen MR) is 90.9 cm³/mol. The van der Waals surface area contributed by atoms with Crippen molar-refractivity contribution in [2.45, 2.75) is 12.2 Å². The molecule has 1 unspecified atom stereocenters. The van der Waals surface area contributed by atoms with Crippen molar-refractivity contribution in [2.75, 3.05) is 41.4 Å². The summed E-state index contributed by atoms with van der Waals surface area (Å²) in [5, 5.41) is 6.79. The topological polar surface area (TPSA) is 67.2 Å². The first kappa shape index (κ1) is 15.4. The summed E-state index contributed by atoms with van der Waals surface area (Å²) in [5.74, 6) is 3.58. The number of nitrogens with one attached hydrogen (secondary N) is 2. The van der Waals surface area contributed by atoms with Crippen molar-refractivity contribution in [3.63, 3.8) is 0 Å². The van der Waals surface area contributed by atoms with E-state index in [4.69, 9.17) is 5.73 Å². The minimum Gasteiger partial charge on any atom is -0.397 e. The highest BCUT2D eigenvalue weighted by Gasteiger charge is 2.15.